The summed E-state index contributed by atoms with van der Waals surface area (Å²) in [6, 6.07) is 2.65. The van der Waals surface area contributed by atoms with Crippen molar-refractivity contribution >= 4 is 23.6 Å². The fraction of sp³-hybridized carbons (Fsp3) is 0.714. The Balaban J connectivity index is 1.42. The molecule has 0 spiro atoms. The molecule has 0 aliphatic carbocycles. The van der Waals surface area contributed by atoms with Crippen LogP contribution in [0.25, 0.3) is 11.3 Å². The number of aliphatic hydroxyl groups is 1. The van der Waals surface area contributed by atoms with Crippen LogP contribution < -0.4 is 5.43 Å². The van der Waals surface area contributed by atoms with E-state index in [1.165, 1.54) is 19.0 Å². The van der Waals surface area contributed by atoms with Gasteiger partial charge in [-0.05, 0) is 79.6 Å². The van der Waals surface area contributed by atoms with E-state index in [2.05, 4.69) is 15.4 Å². The summed E-state index contributed by atoms with van der Waals surface area (Å²) >= 11 is 0. The van der Waals surface area contributed by atoms with Crippen LogP contribution in [0, 0.1) is 23.7 Å². The van der Waals surface area contributed by atoms with Gasteiger partial charge in [-0.3, -0.25) is 19.4 Å². The SMILES string of the molecule is CC[C@H]1OC(=O)[C@H](C)C(=O)[C@H](C)[C@@H](OC2O[C@H](C)C[C@H](N(C)C)[C@H]2O)[C@@](C)(OC)C[C@@H](C)C(=O)[C@H](C)[C@@H]2C1OC(=O)N2NCCC(C)n1cnc(-c2cccnc2)c1. The van der Waals surface area contributed by atoms with Gasteiger partial charge >= 0.3 is 12.1 Å². The first-order chi connectivity index (χ1) is 27.4. The number of ether oxygens (including phenoxy) is 5. The van der Waals surface area contributed by atoms with Crippen molar-refractivity contribution in [3.63, 3.8) is 0 Å². The van der Waals surface area contributed by atoms with Crippen molar-refractivity contribution in [2.75, 3.05) is 27.7 Å². The molecule has 2 N–H and O–H groups in total. The number of imidazole rings is 1. The molecule has 2 aromatic heterocycles. The van der Waals surface area contributed by atoms with E-state index in [-0.39, 0.29) is 36.8 Å². The van der Waals surface area contributed by atoms with E-state index in [0.29, 0.717) is 19.4 Å². The molecule has 0 saturated carbocycles. The number of pyridine rings is 1. The number of fused-ring (bicyclic) bond motifs is 1. The number of nitrogens with zero attached hydrogens (tertiary/aromatic N) is 5. The number of cyclic esters (lactones) is 1. The first kappa shape index (κ1) is 45.3. The molecule has 0 bridgehead atoms. The van der Waals surface area contributed by atoms with E-state index in [9.17, 15) is 24.3 Å². The molecule has 322 valence electrons. The van der Waals surface area contributed by atoms with Gasteiger partial charge in [-0.15, -0.1) is 0 Å². The number of carbonyl (C=O) groups is 4. The normalized spacial score (nSPS) is 36.0. The second-order valence-corrected chi connectivity index (χ2v) is 16.9. The lowest BCUT2D eigenvalue weighted by Crippen LogP contribution is -2.59. The largest absolute Gasteiger partial charge is 0.458 e. The van der Waals surface area contributed by atoms with Gasteiger partial charge in [0, 0.05) is 67.6 Å². The quantitative estimate of drug-likeness (QED) is 0.243. The topological polar surface area (TPSA) is 184 Å². The van der Waals surface area contributed by atoms with Crippen molar-refractivity contribution in [3.8, 4) is 11.3 Å². The maximum Gasteiger partial charge on any atom is 0.425 e. The number of likely N-dealkylation sites (N-methyl/N-ethyl adjacent to an activating group) is 1. The first-order valence-electron chi connectivity index (χ1n) is 20.6. The molecular formula is C42H64N6O10. The third kappa shape index (κ3) is 9.63. The van der Waals surface area contributed by atoms with Crippen LogP contribution in [0.1, 0.15) is 87.1 Å². The molecule has 5 heterocycles. The predicted molar refractivity (Wildman–Crippen MR) is 213 cm³/mol. The van der Waals surface area contributed by atoms with Crippen LogP contribution in [-0.4, -0.2) is 135 Å². The maximum atomic E-state index is 14.6. The summed E-state index contributed by atoms with van der Waals surface area (Å²) in [6.45, 7) is 14.5. The molecular weight excluding hydrogens is 748 g/mol. The molecule has 5 rings (SSSR count). The van der Waals surface area contributed by atoms with E-state index in [4.69, 9.17) is 23.7 Å². The summed E-state index contributed by atoms with van der Waals surface area (Å²) in [5.41, 5.74) is 3.64. The molecule has 3 aliphatic rings. The average Bonchev–Trinajstić information content (AvgIpc) is 3.83. The summed E-state index contributed by atoms with van der Waals surface area (Å²) in [5.74, 6) is -5.07. The molecule has 3 unspecified atom stereocenters. The second-order valence-electron chi connectivity index (χ2n) is 16.9. The van der Waals surface area contributed by atoms with E-state index < -0.39 is 83.9 Å². The zero-order valence-electron chi connectivity index (χ0n) is 35.9. The van der Waals surface area contributed by atoms with Crippen LogP contribution in [0.5, 0.6) is 0 Å². The second kappa shape index (κ2) is 19.1. The number of hydrogen-bond acceptors (Lipinski definition) is 14. The van der Waals surface area contributed by atoms with Crippen molar-refractivity contribution in [2.45, 2.75) is 142 Å². The predicted octanol–water partition coefficient (Wildman–Crippen LogP) is 4.21. The van der Waals surface area contributed by atoms with Gasteiger partial charge in [0.1, 0.15) is 30.0 Å². The minimum atomic E-state index is -1.28. The molecule has 1 amide bonds. The Kier molecular flexibility index (Phi) is 14.9. The number of aliphatic hydroxyl groups excluding tert-OH is 1. The number of nitrogens with one attached hydrogen (secondary N) is 1. The number of Topliss-reactive ketones (excluding diaryl/α,β-unsaturated/α-hetero) is 2. The summed E-state index contributed by atoms with van der Waals surface area (Å²) < 4.78 is 32.8. The van der Waals surface area contributed by atoms with E-state index in [1.807, 2.05) is 55.7 Å². The molecule has 0 aromatic carbocycles. The Morgan fingerprint density at radius 1 is 1.09 bits per heavy atom. The number of esters is 1. The Morgan fingerprint density at radius 3 is 2.45 bits per heavy atom. The minimum Gasteiger partial charge on any atom is -0.458 e. The molecule has 58 heavy (non-hydrogen) atoms. The van der Waals surface area contributed by atoms with Gasteiger partial charge in [-0.2, -0.15) is 0 Å². The summed E-state index contributed by atoms with van der Waals surface area (Å²) in [5, 5.41) is 12.8. The summed E-state index contributed by atoms with van der Waals surface area (Å²) in [7, 11) is 5.22. The van der Waals surface area contributed by atoms with E-state index >= 15 is 0 Å². The lowest BCUT2D eigenvalue weighted by atomic mass is 9.75. The third-order valence-corrected chi connectivity index (χ3v) is 12.5. The Hall–Kier alpha value is -3.80. The fourth-order valence-electron chi connectivity index (χ4n) is 8.79. The van der Waals surface area contributed by atoms with Crippen LogP contribution in [0.4, 0.5) is 4.79 Å². The zero-order chi connectivity index (χ0) is 42.6. The number of amides is 1. The van der Waals surface area contributed by atoms with Gasteiger partial charge in [-0.25, -0.2) is 20.2 Å². The van der Waals surface area contributed by atoms with Gasteiger partial charge < -0.3 is 38.3 Å². The van der Waals surface area contributed by atoms with Crippen LogP contribution in [0.3, 0.4) is 0 Å². The highest BCUT2D eigenvalue weighted by molar-refractivity contribution is 6.00. The lowest BCUT2D eigenvalue weighted by molar-refractivity contribution is -0.295. The monoisotopic (exact) mass is 812 g/mol. The average molecular weight is 813 g/mol. The molecule has 0 radical (unpaired) electrons. The molecule has 16 heteroatoms. The van der Waals surface area contributed by atoms with Crippen molar-refractivity contribution in [1.82, 2.24) is 29.9 Å². The zero-order valence-corrected chi connectivity index (χ0v) is 35.9. The van der Waals surface area contributed by atoms with E-state index in [0.717, 1.165) is 11.3 Å². The molecule has 3 aliphatic heterocycles. The van der Waals surface area contributed by atoms with Gasteiger partial charge in [0.15, 0.2) is 18.2 Å². The third-order valence-electron chi connectivity index (χ3n) is 12.5. The van der Waals surface area contributed by atoms with Crippen LogP contribution in [0.15, 0.2) is 37.1 Å². The van der Waals surface area contributed by atoms with Crippen LogP contribution >= 0.6 is 0 Å². The number of rotatable bonds is 11. The van der Waals surface area contributed by atoms with Crippen LogP contribution in [0.2, 0.25) is 0 Å². The minimum absolute atomic E-state index is 0.00679. The van der Waals surface area contributed by atoms with Crippen molar-refractivity contribution in [2.24, 2.45) is 23.7 Å². The maximum absolute atomic E-state index is 14.6. The molecule has 3 fully saturated rings. The smallest absolute Gasteiger partial charge is 0.425 e. The standard InChI is InChI=1S/C42H64N6O10/c1-12-32-37-33(48(41(53)57-37)45-17-15-24(3)47-21-30(44-22-47)29-14-13-16-43-20-29)26(5)34(49)23(2)19-42(8,54-11)38(27(6)35(50)28(7)39(52)56-32)58-40-36(51)31(46(9)10)18-25(4)55-40/h13-14,16,20-28,31-33,36-38,40,45,51H,12,15,17-19H2,1-11H3/t23-,24?,25-,26-,27+,28-,31+,32-,33-,36-,37?,38-,40?,42+/m1/s1. The molecule has 3 saturated heterocycles. The fourth-order valence-corrected chi connectivity index (χ4v) is 8.79. The first-order valence-corrected chi connectivity index (χ1v) is 20.6. The van der Waals surface area contributed by atoms with Gasteiger partial charge in [-0.1, -0.05) is 27.7 Å². The Labute approximate surface area is 342 Å². The van der Waals surface area contributed by atoms with Gasteiger partial charge in [0.25, 0.3) is 0 Å². The van der Waals surface area contributed by atoms with Crippen molar-refractivity contribution in [1.29, 1.82) is 0 Å². The van der Waals surface area contributed by atoms with Gasteiger partial charge in [0.2, 0.25) is 0 Å². The number of aromatic nitrogens is 3. The number of ketones is 2. The summed E-state index contributed by atoms with van der Waals surface area (Å²) in [4.78, 5) is 67.0. The number of hydrazine groups is 1. The number of carbonyl (C=O) groups excluding carboxylic acids is 4. The molecule has 16 nitrogen and oxygen atoms in total. The van der Waals surface area contributed by atoms with Crippen molar-refractivity contribution < 1.29 is 48.0 Å². The molecule has 14 atom stereocenters. The highest BCUT2D eigenvalue weighted by Crippen LogP contribution is 2.39. The number of hydrogen-bond donors (Lipinski definition) is 2. The Morgan fingerprint density at radius 2 is 1.81 bits per heavy atom. The number of methoxy groups -OCH3 is 1. The van der Waals surface area contributed by atoms with Crippen molar-refractivity contribution in [3.05, 3.63) is 37.1 Å². The van der Waals surface area contributed by atoms with E-state index in [1.54, 1.807) is 53.3 Å². The summed E-state index contributed by atoms with van der Waals surface area (Å²) in [6.07, 6.45) is 2.56. The lowest BCUT2D eigenvalue weighted by Gasteiger charge is -2.46. The Bertz CT molecular complexity index is 1730. The van der Waals surface area contributed by atoms with Crippen LogP contribution in [-0.2, 0) is 38.1 Å². The highest BCUT2D eigenvalue weighted by Gasteiger charge is 2.54. The van der Waals surface area contributed by atoms with Gasteiger partial charge in [0.05, 0.1) is 29.8 Å². The highest BCUT2D eigenvalue weighted by atomic mass is 16.7. The molecule has 2 aromatic rings.